The molecule has 1 saturated carbocycles. The smallest absolute Gasteiger partial charge is 0.221 e. The van der Waals surface area contributed by atoms with Crippen molar-refractivity contribution in [2.75, 3.05) is 6.54 Å². The first kappa shape index (κ1) is 12.9. The van der Waals surface area contributed by atoms with E-state index in [1.807, 2.05) is 0 Å². The van der Waals surface area contributed by atoms with Gasteiger partial charge in [0.25, 0.3) is 0 Å². The molecule has 0 spiro atoms. The van der Waals surface area contributed by atoms with Crippen LogP contribution in [0.15, 0.2) is 0 Å². The first-order valence-corrected chi connectivity index (χ1v) is 7.11. The van der Waals surface area contributed by atoms with Gasteiger partial charge in [0, 0.05) is 18.5 Å². The summed E-state index contributed by atoms with van der Waals surface area (Å²) < 4.78 is 0. The Hall–Kier alpha value is -0.570. The van der Waals surface area contributed by atoms with Crippen LogP contribution in [0.1, 0.15) is 58.8 Å². The molecule has 2 fully saturated rings. The van der Waals surface area contributed by atoms with Crippen LogP contribution in [0.4, 0.5) is 0 Å². The van der Waals surface area contributed by atoms with Gasteiger partial charge < -0.3 is 10.6 Å². The highest BCUT2D eigenvalue weighted by molar-refractivity contribution is 5.77. The number of rotatable bonds is 3. The quantitative estimate of drug-likeness (QED) is 0.791. The molecule has 0 bridgehead atoms. The zero-order valence-corrected chi connectivity index (χ0v) is 11.2. The molecule has 1 aliphatic carbocycles. The standard InChI is InChI=1S/C14H26N2O/c1-14(2)8-4-3-7-12(14)16-13(17)10-11-6-5-9-15-11/h11-12,15H,3-10H2,1-2H3,(H,16,17). The molecule has 2 unspecified atom stereocenters. The van der Waals surface area contributed by atoms with Gasteiger partial charge in [-0.05, 0) is 37.6 Å². The van der Waals surface area contributed by atoms with Crippen LogP contribution in [-0.4, -0.2) is 24.5 Å². The summed E-state index contributed by atoms with van der Waals surface area (Å²) in [5.74, 6) is 0.240. The molecular formula is C14H26N2O. The fraction of sp³-hybridized carbons (Fsp3) is 0.929. The van der Waals surface area contributed by atoms with Crippen LogP contribution in [0, 0.1) is 5.41 Å². The van der Waals surface area contributed by atoms with Crippen molar-refractivity contribution in [3.05, 3.63) is 0 Å². The number of carbonyl (C=O) groups is 1. The molecule has 1 amide bonds. The SMILES string of the molecule is CC1(C)CCCCC1NC(=O)CC1CCCN1. The van der Waals surface area contributed by atoms with Crippen molar-refractivity contribution in [2.45, 2.75) is 70.9 Å². The van der Waals surface area contributed by atoms with Crippen molar-refractivity contribution >= 4 is 5.91 Å². The zero-order valence-electron chi connectivity index (χ0n) is 11.2. The average molecular weight is 238 g/mol. The molecule has 1 aliphatic heterocycles. The van der Waals surface area contributed by atoms with Crippen LogP contribution in [0.2, 0.25) is 0 Å². The van der Waals surface area contributed by atoms with E-state index in [0.717, 1.165) is 19.4 Å². The first-order valence-electron chi connectivity index (χ1n) is 7.11. The largest absolute Gasteiger partial charge is 0.353 e. The molecular weight excluding hydrogens is 212 g/mol. The van der Waals surface area contributed by atoms with Crippen molar-refractivity contribution in [3.63, 3.8) is 0 Å². The Morgan fingerprint density at radius 1 is 1.29 bits per heavy atom. The molecule has 0 aromatic carbocycles. The highest BCUT2D eigenvalue weighted by Crippen LogP contribution is 2.35. The van der Waals surface area contributed by atoms with Crippen molar-refractivity contribution < 1.29 is 4.79 Å². The van der Waals surface area contributed by atoms with E-state index in [4.69, 9.17) is 0 Å². The van der Waals surface area contributed by atoms with Gasteiger partial charge in [-0.2, -0.15) is 0 Å². The third kappa shape index (κ3) is 3.44. The highest BCUT2D eigenvalue weighted by atomic mass is 16.1. The lowest BCUT2D eigenvalue weighted by atomic mass is 9.73. The van der Waals surface area contributed by atoms with E-state index in [-0.39, 0.29) is 11.3 Å². The monoisotopic (exact) mass is 238 g/mol. The topological polar surface area (TPSA) is 41.1 Å². The van der Waals surface area contributed by atoms with Gasteiger partial charge >= 0.3 is 0 Å². The minimum absolute atomic E-state index is 0.240. The molecule has 0 radical (unpaired) electrons. The number of carbonyl (C=O) groups excluding carboxylic acids is 1. The summed E-state index contributed by atoms with van der Waals surface area (Å²) in [5.41, 5.74) is 0.275. The Balaban J connectivity index is 1.80. The van der Waals surface area contributed by atoms with Crippen molar-refractivity contribution in [3.8, 4) is 0 Å². The predicted molar refractivity (Wildman–Crippen MR) is 69.8 cm³/mol. The minimum Gasteiger partial charge on any atom is -0.353 e. The molecule has 3 heteroatoms. The Morgan fingerprint density at radius 2 is 2.12 bits per heavy atom. The maximum absolute atomic E-state index is 12.0. The molecule has 0 aromatic heterocycles. The zero-order chi connectivity index (χ0) is 12.3. The van der Waals surface area contributed by atoms with Crippen molar-refractivity contribution in [1.82, 2.24) is 10.6 Å². The van der Waals surface area contributed by atoms with Crippen LogP contribution in [0.25, 0.3) is 0 Å². The van der Waals surface area contributed by atoms with Gasteiger partial charge in [0.05, 0.1) is 0 Å². The van der Waals surface area contributed by atoms with Gasteiger partial charge in [-0.25, -0.2) is 0 Å². The Bertz CT molecular complexity index is 269. The summed E-state index contributed by atoms with van der Waals surface area (Å²) in [7, 11) is 0. The molecule has 3 nitrogen and oxygen atoms in total. The Morgan fingerprint density at radius 3 is 2.76 bits per heavy atom. The Labute approximate surface area is 105 Å². The van der Waals surface area contributed by atoms with Crippen LogP contribution >= 0.6 is 0 Å². The van der Waals surface area contributed by atoms with Gasteiger partial charge in [0.2, 0.25) is 5.91 Å². The number of amides is 1. The van der Waals surface area contributed by atoms with E-state index in [1.165, 1.54) is 25.7 Å². The first-order chi connectivity index (χ1) is 8.08. The third-order valence-corrected chi connectivity index (χ3v) is 4.44. The Kier molecular flexibility index (Phi) is 4.08. The summed E-state index contributed by atoms with van der Waals surface area (Å²) >= 11 is 0. The predicted octanol–water partition coefficient (Wildman–Crippen LogP) is 2.21. The fourth-order valence-electron chi connectivity index (χ4n) is 3.17. The maximum atomic E-state index is 12.0. The van der Waals surface area contributed by atoms with Gasteiger partial charge in [0.1, 0.15) is 0 Å². The lowest BCUT2D eigenvalue weighted by Gasteiger charge is -2.39. The molecule has 17 heavy (non-hydrogen) atoms. The average Bonchev–Trinajstić information content (AvgIpc) is 2.73. The van der Waals surface area contributed by atoms with Gasteiger partial charge in [-0.3, -0.25) is 4.79 Å². The van der Waals surface area contributed by atoms with Crippen molar-refractivity contribution in [2.24, 2.45) is 5.41 Å². The molecule has 2 atom stereocenters. The second kappa shape index (κ2) is 5.38. The molecule has 2 N–H and O–H groups in total. The van der Waals surface area contributed by atoms with E-state index in [2.05, 4.69) is 24.5 Å². The molecule has 1 saturated heterocycles. The summed E-state index contributed by atoms with van der Waals surface area (Å²) in [4.78, 5) is 12.0. The number of nitrogens with one attached hydrogen (secondary N) is 2. The van der Waals surface area contributed by atoms with Crippen LogP contribution in [0.5, 0.6) is 0 Å². The fourth-order valence-corrected chi connectivity index (χ4v) is 3.17. The molecule has 1 heterocycles. The second-order valence-corrected chi connectivity index (χ2v) is 6.35. The van der Waals surface area contributed by atoms with Crippen LogP contribution < -0.4 is 10.6 Å². The molecule has 0 aromatic rings. The van der Waals surface area contributed by atoms with Crippen LogP contribution in [0.3, 0.4) is 0 Å². The van der Waals surface area contributed by atoms with Gasteiger partial charge in [-0.15, -0.1) is 0 Å². The number of hydrogen-bond acceptors (Lipinski definition) is 2. The van der Waals surface area contributed by atoms with E-state index < -0.39 is 0 Å². The summed E-state index contributed by atoms with van der Waals surface area (Å²) in [6, 6.07) is 0.798. The summed E-state index contributed by atoms with van der Waals surface area (Å²) in [6.07, 6.45) is 7.98. The number of hydrogen-bond donors (Lipinski definition) is 2. The molecule has 98 valence electrons. The minimum atomic E-state index is 0.240. The normalized spacial score (nSPS) is 32.4. The summed E-state index contributed by atoms with van der Waals surface area (Å²) in [5, 5.41) is 6.64. The molecule has 2 aliphatic rings. The summed E-state index contributed by atoms with van der Waals surface area (Å²) in [6.45, 7) is 5.64. The van der Waals surface area contributed by atoms with Crippen molar-refractivity contribution in [1.29, 1.82) is 0 Å². The van der Waals surface area contributed by atoms with E-state index in [1.54, 1.807) is 0 Å². The molecule has 2 rings (SSSR count). The highest BCUT2D eigenvalue weighted by Gasteiger charge is 2.33. The van der Waals surface area contributed by atoms with Gasteiger partial charge in [0.15, 0.2) is 0 Å². The maximum Gasteiger partial charge on any atom is 0.221 e. The third-order valence-electron chi connectivity index (χ3n) is 4.44. The van der Waals surface area contributed by atoms with Gasteiger partial charge in [-0.1, -0.05) is 26.7 Å². The van der Waals surface area contributed by atoms with Crippen LogP contribution in [-0.2, 0) is 4.79 Å². The van der Waals surface area contributed by atoms with E-state index >= 15 is 0 Å². The lowest BCUT2D eigenvalue weighted by Crippen LogP contribution is -2.47. The van der Waals surface area contributed by atoms with E-state index in [9.17, 15) is 4.79 Å². The second-order valence-electron chi connectivity index (χ2n) is 6.35. The lowest BCUT2D eigenvalue weighted by molar-refractivity contribution is -0.123. The van der Waals surface area contributed by atoms with E-state index in [0.29, 0.717) is 18.5 Å².